The standard InChI is InChI=1S/C27H31NO3/c1-3-27(31-25(30)28-19-7-5-4-6-8-19)16-14-24-23-11-9-18-17-20(29)10-12-21(18)22(23)13-15-26(24,27)2/h1,4-8,17,21-24H,9-16H2,2H3,(H,28,30)/t21-,22+,23+,24-,26-,27-/m0/s1. The van der Waals surface area contributed by atoms with E-state index in [1.165, 1.54) is 5.57 Å². The zero-order chi connectivity index (χ0) is 21.6. The van der Waals surface area contributed by atoms with Crippen LogP contribution in [-0.4, -0.2) is 17.5 Å². The summed E-state index contributed by atoms with van der Waals surface area (Å²) in [6, 6.07) is 9.36. The predicted molar refractivity (Wildman–Crippen MR) is 120 cm³/mol. The molecular formula is C27H31NO3. The molecule has 0 aliphatic heterocycles. The van der Waals surface area contributed by atoms with Crippen molar-refractivity contribution in [1.82, 2.24) is 0 Å². The molecule has 0 saturated heterocycles. The van der Waals surface area contributed by atoms with Crippen molar-refractivity contribution in [3.05, 3.63) is 42.0 Å². The number of hydrogen-bond acceptors (Lipinski definition) is 3. The summed E-state index contributed by atoms with van der Waals surface area (Å²) in [4.78, 5) is 24.7. The fourth-order valence-electron chi connectivity index (χ4n) is 7.44. The van der Waals surface area contributed by atoms with Gasteiger partial charge in [-0.05, 0) is 86.8 Å². The van der Waals surface area contributed by atoms with E-state index in [-0.39, 0.29) is 5.41 Å². The maximum atomic E-state index is 12.8. The van der Waals surface area contributed by atoms with Crippen LogP contribution in [0.1, 0.15) is 58.3 Å². The third-order valence-electron chi connectivity index (χ3n) is 8.94. The Labute approximate surface area is 184 Å². The number of ketones is 1. The van der Waals surface area contributed by atoms with E-state index >= 15 is 0 Å². The lowest BCUT2D eigenvalue weighted by Crippen LogP contribution is -2.54. The van der Waals surface area contributed by atoms with Crippen molar-refractivity contribution >= 4 is 17.6 Å². The van der Waals surface area contributed by atoms with Crippen LogP contribution in [0.5, 0.6) is 0 Å². The molecule has 6 atom stereocenters. The number of allylic oxidation sites excluding steroid dienone is 1. The number of amides is 1. The number of carbonyl (C=O) groups excluding carboxylic acids is 2. The van der Waals surface area contributed by atoms with E-state index < -0.39 is 11.7 Å². The molecule has 0 heterocycles. The minimum Gasteiger partial charge on any atom is -0.429 e. The number of fused-ring (bicyclic) bond motifs is 5. The molecule has 1 aromatic rings. The van der Waals surface area contributed by atoms with E-state index in [0.29, 0.717) is 41.6 Å². The highest BCUT2D eigenvalue weighted by Gasteiger charge is 2.64. The van der Waals surface area contributed by atoms with E-state index in [0.717, 1.165) is 44.9 Å². The number of rotatable bonds is 2. The fourth-order valence-corrected chi connectivity index (χ4v) is 7.44. The second-order valence-electron chi connectivity index (χ2n) is 10.2. The number of anilines is 1. The van der Waals surface area contributed by atoms with Crippen LogP contribution in [0.25, 0.3) is 0 Å². The molecule has 0 bridgehead atoms. The molecule has 4 aliphatic rings. The van der Waals surface area contributed by atoms with E-state index in [9.17, 15) is 9.59 Å². The van der Waals surface area contributed by atoms with Gasteiger partial charge in [-0.15, -0.1) is 6.42 Å². The van der Waals surface area contributed by atoms with Gasteiger partial charge in [-0.2, -0.15) is 0 Å². The van der Waals surface area contributed by atoms with Gasteiger partial charge in [0.2, 0.25) is 0 Å². The molecule has 1 amide bonds. The van der Waals surface area contributed by atoms with Crippen LogP contribution < -0.4 is 5.32 Å². The van der Waals surface area contributed by atoms with Gasteiger partial charge in [0.15, 0.2) is 11.4 Å². The molecule has 162 valence electrons. The molecule has 1 N–H and O–H groups in total. The predicted octanol–water partition coefficient (Wildman–Crippen LogP) is 5.75. The quantitative estimate of drug-likeness (QED) is 0.624. The van der Waals surface area contributed by atoms with E-state index in [2.05, 4.69) is 18.2 Å². The average Bonchev–Trinajstić information content (AvgIpc) is 3.06. The summed E-state index contributed by atoms with van der Waals surface area (Å²) in [7, 11) is 0. The summed E-state index contributed by atoms with van der Waals surface area (Å²) < 4.78 is 6.08. The van der Waals surface area contributed by atoms with E-state index in [1.807, 2.05) is 36.4 Å². The van der Waals surface area contributed by atoms with Crippen molar-refractivity contribution in [3.63, 3.8) is 0 Å². The normalized spacial score (nSPS) is 38.7. The van der Waals surface area contributed by atoms with Crippen LogP contribution >= 0.6 is 0 Å². The summed E-state index contributed by atoms with van der Waals surface area (Å²) in [6.45, 7) is 2.26. The Morgan fingerprint density at radius 1 is 1.10 bits per heavy atom. The molecule has 31 heavy (non-hydrogen) atoms. The van der Waals surface area contributed by atoms with Crippen molar-refractivity contribution < 1.29 is 14.3 Å². The second kappa shape index (κ2) is 7.55. The summed E-state index contributed by atoms with van der Waals surface area (Å²) in [5.74, 6) is 5.52. The van der Waals surface area contributed by atoms with Crippen LogP contribution in [0.2, 0.25) is 0 Å². The first-order valence-electron chi connectivity index (χ1n) is 11.7. The lowest BCUT2D eigenvalue weighted by Gasteiger charge is -2.55. The van der Waals surface area contributed by atoms with Crippen LogP contribution in [0, 0.1) is 41.4 Å². The molecule has 4 heteroatoms. The zero-order valence-electron chi connectivity index (χ0n) is 18.2. The summed E-state index contributed by atoms with van der Waals surface area (Å²) in [6.07, 6.45) is 15.2. The molecule has 3 saturated carbocycles. The van der Waals surface area contributed by atoms with Gasteiger partial charge in [0.1, 0.15) is 0 Å². The molecule has 0 unspecified atom stereocenters. The van der Waals surface area contributed by atoms with Gasteiger partial charge in [-0.25, -0.2) is 4.79 Å². The molecule has 4 nitrogen and oxygen atoms in total. The zero-order valence-corrected chi connectivity index (χ0v) is 18.2. The monoisotopic (exact) mass is 417 g/mol. The number of benzene rings is 1. The largest absolute Gasteiger partial charge is 0.429 e. The molecule has 5 rings (SSSR count). The number of para-hydroxylation sites is 1. The second-order valence-corrected chi connectivity index (χ2v) is 10.2. The van der Waals surface area contributed by atoms with Gasteiger partial charge in [-0.3, -0.25) is 10.1 Å². The van der Waals surface area contributed by atoms with Crippen LogP contribution in [0.15, 0.2) is 42.0 Å². The summed E-state index contributed by atoms with van der Waals surface area (Å²) in [5, 5.41) is 2.84. The minimum absolute atomic E-state index is 0.206. The van der Waals surface area contributed by atoms with Crippen molar-refractivity contribution in [3.8, 4) is 12.3 Å². The van der Waals surface area contributed by atoms with Crippen LogP contribution in [-0.2, 0) is 9.53 Å². The van der Waals surface area contributed by atoms with E-state index in [4.69, 9.17) is 11.2 Å². The van der Waals surface area contributed by atoms with Crippen LogP contribution in [0.4, 0.5) is 10.5 Å². The SMILES string of the molecule is C#C[C@]1(OC(=O)Nc2ccccc2)CC[C@H]2[C@@H]3CCC4=CC(=O)CC[C@@H]4[C@H]3CC[C@@]21C. The van der Waals surface area contributed by atoms with Crippen LogP contribution in [0.3, 0.4) is 0 Å². The Bertz CT molecular complexity index is 960. The van der Waals surface area contributed by atoms with Crippen molar-refractivity contribution in [2.75, 3.05) is 5.32 Å². The topological polar surface area (TPSA) is 55.4 Å². The van der Waals surface area contributed by atoms with Gasteiger partial charge >= 0.3 is 6.09 Å². The number of carbonyl (C=O) groups is 2. The average molecular weight is 418 g/mol. The Morgan fingerprint density at radius 2 is 1.90 bits per heavy atom. The van der Waals surface area contributed by atoms with Gasteiger partial charge in [-0.1, -0.05) is 36.6 Å². The highest BCUT2D eigenvalue weighted by Crippen LogP contribution is 2.65. The van der Waals surface area contributed by atoms with Gasteiger partial charge in [0.25, 0.3) is 0 Å². The Morgan fingerprint density at radius 3 is 2.68 bits per heavy atom. The lowest BCUT2D eigenvalue weighted by atomic mass is 9.50. The molecule has 0 aromatic heterocycles. The molecule has 1 aromatic carbocycles. The van der Waals surface area contributed by atoms with Crippen molar-refractivity contribution in [1.29, 1.82) is 0 Å². The van der Waals surface area contributed by atoms with Crippen molar-refractivity contribution in [2.45, 2.75) is 63.9 Å². The first-order valence-corrected chi connectivity index (χ1v) is 11.7. The Hall–Kier alpha value is -2.54. The maximum Gasteiger partial charge on any atom is 0.413 e. The number of nitrogens with one attached hydrogen (secondary N) is 1. The highest BCUT2D eigenvalue weighted by atomic mass is 16.6. The van der Waals surface area contributed by atoms with Gasteiger partial charge in [0, 0.05) is 17.5 Å². The molecule has 4 aliphatic carbocycles. The van der Waals surface area contributed by atoms with Gasteiger partial charge in [0.05, 0.1) is 0 Å². The summed E-state index contributed by atoms with van der Waals surface area (Å²) in [5.41, 5.74) is 1.03. The number of hydrogen-bond donors (Lipinski definition) is 1. The molecule has 0 radical (unpaired) electrons. The third kappa shape index (κ3) is 3.21. The first-order chi connectivity index (χ1) is 15.0. The number of ether oxygens (including phenoxy) is 1. The fraction of sp³-hybridized carbons (Fsp3) is 0.556. The smallest absolute Gasteiger partial charge is 0.413 e. The lowest BCUT2D eigenvalue weighted by molar-refractivity contribution is -0.116. The maximum absolute atomic E-state index is 12.8. The Balaban J connectivity index is 1.37. The molecule has 3 fully saturated rings. The first kappa shape index (κ1) is 20.4. The highest BCUT2D eigenvalue weighted by molar-refractivity contribution is 5.91. The Kier molecular flexibility index (Phi) is 4.96. The molecular weight excluding hydrogens is 386 g/mol. The van der Waals surface area contributed by atoms with Crippen molar-refractivity contribution in [2.24, 2.45) is 29.1 Å². The molecule has 0 spiro atoms. The number of terminal acetylenes is 1. The van der Waals surface area contributed by atoms with Gasteiger partial charge < -0.3 is 4.74 Å². The summed E-state index contributed by atoms with van der Waals surface area (Å²) >= 11 is 0. The third-order valence-corrected chi connectivity index (χ3v) is 8.94. The van der Waals surface area contributed by atoms with E-state index in [1.54, 1.807) is 0 Å². The minimum atomic E-state index is -0.861.